The van der Waals surface area contributed by atoms with Crippen molar-refractivity contribution in [2.24, 2.45) is 56.2 Å². The van der Waals surface area contributed by atoms with E-state index >= 15 is 0 Å². The third-order valence-corrected chi connectivity index (χ3v) is 13.7. The summed E-state index contributed by atoms with van der Waals surface area (Å²) in [7, 11) is 0. The molecule has 0 bridgehead atoms. The third kappa shape index (κ3) is 3.50. The van der Waals surface area contributed by atoms with Crippen LogP contribution >= 0.6 is 0 Å². The Morgan fingerprint density at radius 3 is 2.22 bits per heavy atom. The number of rotatable bonds is 2. The molecule has 0 spiro atoms. The van der Waals surface area contributed by atoms with Gasteiger partial charge in [0.15, 0.2) is 5.78 Å². The van der Waals surface area contributed by atoms with Crippen molar-refractivity contribution in [1.82, 2.24) is 0 Å². The molecule has 5 rings (SSSR count). The number of aliphatic hydroxyl groups is 2. The molecule has 5 aliphatic rings. The van der Waals surface area contributed by atoms with E-state index in [1.165, 1.54) is 0 Å². The van der Waals surface area contributed by atoms with Crippen LogP contribution in [0.15, 0.2) is 11.8 Å². The van der Waals surface area contributed by atoms with Crippen LogP contribution in [0.2, 0.25) is 0 Å². The van der Waals surface area contributed by atoms with Gasteiger partial charge in [0.05, 0.1) is 18.8 Å². The van der Waals surface area contributed by atoms with Crippen molar-refractivity contribution in [2.45, 2.75) is 119 Å². The highest BCUT2D eigenvalue weighted by molar-refractivity contribution is 6.00. The number of allylic oxidation sites excluding steroid dienone is 1. The fourth-order valence-corrected chi connectivity index (χ4v) is 11.7. The number of carbonyl (C=O) groups is 2. The van der Waals surface area contributed by atoms with Crippen molar-refractivity contribution in [1.29, 1.82) is 0 Å². The number of fused-ring (bicyclic) bond motifs is 7. The van der Waals surface area contributed by atoms with E-state index in [4.69, 9.17) is 0 Å². The maximum absolute atomic E-state index is 13.3. The van der Waals surface area contributed by atoms with Gasteiger partial charge in [-0.05, 0) is 109 Å². The van der Waals surface area contributed by atoms with Gasteiger partial charge in [-0.15, -0.1) is 0 Å². The van der Waals surface area contributed by atoms with Crippen LogP contribution in [0.4, 0.5) is 0 Å². The molecule has 37 heavy (non-hydrogen) atoms. The van der Waals surface area contributed by atoms with E-state index in [2.05, 4.69) is 48.5 Å². The molecule has 5 aliphatic carbocycles. The van der Waals surface area contributed by atoms with Crippen molar-refractivity contribution < 1.29 is 24.9 Å². The lowest BCUT2D eigenvalue weighted by molar-refractivity contribution is -0.268. The van der Waals surface area contributed by atoms with Gasteiger partial charge in [0.1, 0.15) is 0 Å². The van der Waals surface area contributed by atoms with Gasteiger partial charge in [0, 0.05) is 11.0 Å². The Morgan fingerprint density at radius 1 is 0.946 bits per heavy atom. The second kappa shape index (κ2) is 8.08. The average molecular weight is 515 g/mol. The highest BCUT2D eigenvalue weighted by Gasteiger charge is 2.72. The highest BCUT2D eigenvalue weighted by atomic mass is 16.4. The first-order valence-electron chi connectivity index (χ1n) is 14.8. The van der Waals surface area contributed by atoms with Crippen molar-refractivity contribution in [3.8, 4) is 0 Å². The lowest BCUT2D eigenvalue weighted by Gasteiger charge is -2.74. The largest absolute Gasteiger partial charge is 0.515 e. The Morgan fingerprint density at radius 2 is 1.59 bits per heavy atom. The van der Waals surface area contributed by atoms with Crippen molar-refractivity contribution >= 4 is 11.8 Å². The summed E-state index contributed by atoms with van der Waals surface area (Å²) in [5.74, 6) is 0.121. The molecule has 0 radical (unpaired) electrons. The quantitative estimate of drug-likeness (QED) is 0.274. The van der Waals surface area contributed by atoms with Crippen LogP contribution in [-0.2, 0) is 9.59 Å². The minimum absolute atomic E-state index is 0.0177. The van der Waals surface area contributed by atoms with Gasteiger partial charge in [-0.3, -0.25) is 9.59 Å². The minimum atomic E-state index is -0.701. The molecular weight excluding hydrogens is 464 g/mol. The first-order chi connectivity index (χ1) is 17.0. The van der Waals surface area contributed by atoms with Crippen LogP contribution in [0.25, 0.3) is 0 Å². The second-order valence-electron chi connectivity index (χ2n) is 16.1. The first kappa shape index (κ1) is 27.2. The fraction of sp³-hybridized carbons (Fsp3) is 0.875. The van der Waals surface area contributed by atoms with Crippen LogP contribution in [0, 0.1) is 56.2 Å². The van der Waals surface area contributed by atoms with Crippen LogP contribution in [-0.4, -0.2) is 33.2 Å². The molecule has 5 saturated carbocycles. The summed E-state index contributed by atoms with van der Waals surface area (Å²) in [5.41, 5.74) is -0.372. The number of aliphatic hydroxyl groups excluding tert-OH is 2. The predicted octanol–water partition coefficient (Wildman–Crippen LogP) is 6.93. The summed E-state index contributed by atoms with van der Waals surface area (Å²) in [5, 5.41) is 32.1. The molecule has 0 amide bonds. The molecule has 9 atom stereocenters. The number of carbonyl (C=O) groups excluding carboxylic acids is 1. The molecule has 5 heteroatoms. The molecule has 0 aromatic heterocycles. The van der Waals surface area contributed by atoms with E-state index < -0.39 is 17.5 Å². The van der Waals surface area contributed by atoms with E-state index in [-0.39, 0.29) is 63.0 Å². The minimum Gasteiger partial charge on any atom is -0.515 e. The molecule has 5 fully saturated rings. The summed E-state index contributed by atoms with van der Waals surface area (Å²) in [4.78, 5) is 25.4. The summed E-state index contributed by atoms with van der Waals surface area (Å²) in [6.07, 6.45) is 8.93. The Bertz CT molecular complexity index is 1030. The number of hydrogen-bond acceptors (Lipinski definition) is 4. The van der Waals surface area contributed by atoms with E-state index in [0.717, 1.165) is 51.2 Å². The Balaban J connectivity index is 1.60. The normalized spacial score (nSPS) is 51.4. The van der Waals surface area contributed by atoms with Crippen molar-refractivity contribution in [3.63, 3.8) is 0 Å². The molecule has 0 aromatic carbocycles. The lowest BCUT2D eigenvalue weighted by Crippen LogP contribution is -2.70. The summed E-state index contributed by atoms with van der Waals surface area (Å²) in [6.45, 7) is 16.0. The zero-order chi connectivity index (χ0) is 27.4. The number of ketones is 1. The smallest absolute Gasteiger partial charge is 0.303 e. The fourth-order valence-electron chi connectivity index (χ4n) is 11.7. The van der Waals surface area contributed by atoms with Gasteiger partial charge in [-0.1, -0.05) is 48.5 Å². The first-order valence-corrected chi connectivity index (χ1v) is 14.8. The van der Waals surface area contributed by atoms with Gasteiger partial charge in [-0.2, -0.15) is 0 Å². The maximum atomic E-state index is 13.3. The van der Waals surface area contributed by atoms with Crippen molar-refractivity contribution in [3.05, 3.63) is 11.8 Å². The molecule has 2 unspecified atom stereocenters. The van der Waals surface area contributed by atoms with E-state index in [1.807, 2.05) is 0 Å². The van der Waals surface area contributed by atoms with Crippen LogP contribution in [0.1, 0.15) is 113 Å². The zero-order valence-electron chi connectivity index (χ0n) is 24.2. The average Bonchev–Trinajstić information content (AvgIpc) is 2.78. The van der Waals surface area contributed by atoms with E-state index in [0.29, 0.717) is 18.4 Å². The Kier molecular flexibility index (Phi) is 5.95. The summed E-state index contributed by atoms with van der Waals surface area (Å²) in [6, 6.07) is 0. The molecule has 5 nitrogen and oxygen atoms in total. The number of Topliss-reactive ketones (excluding diaryl/α,β-unsaturated/α-hetero) is 1. The monoisotopic (exact) mass is 514 g/mol. The molecular formula is C32H50O5. The molecule has 0 heterocycles. The second-order valence-corrected chi connectivity index (χ2v) is 16.1. The van der Waals surface area contributed by atoms with Gasteiger partial charge in [0.2, 0.25) is 0 Å². The van der Waals surface area contributed by atoms with Crippen LogP contribution in [0.5, 0.6) is 0 Å². The van der Waals surface area contributed by atoms with E-state index in [9.17, 15) is 24.9 Å². The number of aliphatic carboxylic acids is 1. The van der Waals surface area contributed by atoms with E-state index in [1.54, 1.807) is 0 Å². The lowest BCUT2D eigenvalue weighted by atomic mass is 9.30. The van der Waals surface area contributed by atoms with Gasteiger partial charge < -0.3 is 15.3 Å². The SMILES string of the molecule is CC1(C)CC[C@]2(CC(=O)O)CC[C@]3(C)C(C2C1)[C@H](O)C[C@@H]1[C@@]2(C)C/C(=C/O)C(=O)C(C)(C)[C@@H]2CC[C@]13C. The molecule has 208 valence electrons. The van der Waals surface area contributed by atoms with Gasteiger partial charge in [-0.25, -0.2) is 0 Å². The third-order valence-electron chi connectivity index (χ3n) is 13.7. The van der Waals surface area contributed by atoms with Crippen LogP contribution in [0.3, 0.4) is 0 Å². The Hall–Kier alpha value is -1.36. The molecule has 0 saturated heterocycles. The molecule has 0 aromatic rings. The van der Waals surface area contributed by atoms with Gasteiger partial charge in [0.25, 0.3) is 0 Å². The molecule has 0 aliphatic heterocycles. The standard InChI is InChI=1S/C32H50O5/c1-27(2)10-12-32(17-24(35)36)13-11-31(7)25(20(32)16-27)21(34)14-23-29(5)15-19(18-33)26(37)28(3,4)22(29)8-9-30(23,31)6/h18,20-23,25,33-34H,8-17H2,1-7H3,(H,35,36)/b19-18-/t20?,21-,22+,23-,25?,29+,30-,31-,32-/m1/s1. The summed E-state index contributed by atoms with van der Waals surface area (Å²) >= 11 is 0. The highest BCUT2D eigenvalue weighted by Crippen LogP contribution is 2.77. The predicted molar refractivity (Wildman–Crippen MR) is 144 cm³/mol. The van der Waals surface area contributed by atoms with Crippen molar-refractivity contribution in [2.75, 3.05) is 0 Å². The van der Waals surface area contributed by atoms with Crippen LogP contribution < -0.4 is 0 Å². The summed E-state index contributed by atoms with van der Waals surface area (Å²) < 4.78 is 0. The zero-order valence-corrected chi connectivity index (χ0v) is 24.2. The topological polar surface area (TPSA) is 94.8 Å². The number of carboxylic acid groups (broad SMARTS) is 1. The number of hydrogen-bond donors (Lipinski definition) is 3. The van der Waals surface area contributed by atoms with Gasteiger partial charge >= 0.3 is 5.97 Å². The molecule has 3 N–H and O–H groups in total. The Labute approximate surface area is 223 Å². The maximum Gasteiger partial charge on any atom is 0.303 e. The number of carboxylic acids is 1.